The highest BCUT2D eigenvalue weighted by atomic mass is 16.4. The predicted octanol–water partition coefficient (Wildman–Crippen LogP) is 6.57. The summed E-state index contributed by atoms with van der Waals surface area (Å²) in [5, 5.41) is 2.62. The quantitative estimate of drug-likeness (QED) is 0.529. The van der Waals surface area contributed by atoms with Gasteiger partial charge in [0.05, 0.1) is 0 Å². The molecule has 0 atom stereocenters. The van der Waals surface area contributed by atoms with Crippen LogP contribution in [-0.4, -0.2) is 14.2 Å². The van der Waals surface area contributed by atoms with E-state index in [9.17, 15) is 0 Å². The molecule has 0 amide bonds. The van der Waals surface area contributed by atoms with Crippen molar-refractivity contribution in [3.05, 3.63) is 48.5 Å². The Kier molecular flexibility index (Phi) is 27.1. The zero-order valence-corrected chi connectivity index (χ0v) is 14.7. The molecule has 0 radical (unpaired) electrons. The van der Waals surface area contributed by atoms with Gasteiger partial charge in [-0.15, -0.1) is 0 Å². The van der Waals surface area contributed by atoms with Crippen molar-refractivity contribution in [2.75, 3.05) is 14.2 Å². The van der Waals surface area contributed by atoms with E-state index in [2.05, 4.69) is 67.1 Å². The first kappa shape index (κ1) is 23.7. The molecule has 0 aliphatic rings. The van der Waals surface area contributed by atoms with Crippen LogP contribution in [0.4, 0.5) is 0 Å². The topological polar surface area (TPSA) is 9.23 Å². The van der Waals surface area contributed by atoms with Crippen LogP contribution in [0.2, 0.25) is 0 Å². The molecule has 0 fully saturated rings. The number of hydrogen-bond donors (Lipinski definition) is 0. The summed E-state index contributed by atoms with van der Waals surface area (Å²) in [5.74, 6) is 0. The molecule has 0 heterocycles. The van der Waals surface area contributed by atoms with E-state index in [-0.39, 0.29) is 0 Å². The van der Waals surface area contributed by atoms with Gasteiger partial charge >= 0.3 is 0 Å². The molecule has 20 heavy (non-hydrogen) atoms. The highest BCUT2D eigenvalue weighted by molar-refractivity contribution is 5.81. The molecule has 0 unspecified atom stereocenters. The molecule has 0 saturated carbocycles. The van der Waals surface area contributed by atoms with Gasteiger partial charge in [0.15, 0.2) is 0 Å². The van der Waals surface area contributed by atoms with E-state index >= 15 is 0 Å². The second-order valence-corrected chi connectivity index (χ2v) is 3.46. The first-order valence-electron chi connectivity index (χ1n) is 7.64. The monoisotopic (exact) mass is 278 g/mol. The molecule has 0 spiro atoms. The maximum Gasteiger partial charge on any atom is 0.0351 e. The Bertz CT molecular complexity index is 301. The van der Waals surface area contributed by atoms with E-state index < -0.39 is 0 Å². The number of rotatable bonds is 0. The summed E-state index contributed by atoms with van der Waals surface area (Å²) in [6.07, 6.45) is 1.25. The van der Waals surface area contributed by atoms with Gasteiger partial charge in [0, 0.05) is 14.2 Å². The first-order chi connectivity index (χ1) is 9.79. The fourth-order valence-electron chi connectivity index (χ4n) is 1.13. The van der Waals surface area contributed by atoms with Gasteiger partial charge in [-0.3, -0.25) is 0 Å². The van der Waals surface area contributed by atoms with E-state index in [1.54, 1.807) is 14.2 Å². The van der Waals surface area contributed by atoms with E-state index in [0.29, 0.717) is 0 Å². The maximum absolute atomic E-state index is 4.25. The number of benzene rings is 2. The third-order valence-electron chi connectivity index (χ3n) is 1.66. The van der Waals surface area contributed by atoms with E-state index in [0.717, 1.165) is 0 Å². The molecular formula is C19H34O. The Morgan fingerprint density at radius 3 is 0.950 bits per heavy atom. The predicted molar refractivity (Wildman–Crippen MR) is 95.5 cm³/mol. The molecule has 2 aromatic rings. The van der Waals surface area contributed by atoms with Crippen LogP contribution in [0.25, 0.3) is 10.8 Å². The van der Waals surface area contributed by atoms with Gasteiger partial charge in [0.1, 0.15) is 0 Å². The highest BCUT2D eigenvalue weighted by Crippen LogP contribution is 2.11. The Labute approximate surface area is 127 Å². The number of hydrogen-bond acceptors (Lipinski definition) is 1. The van der Waals surface area contributed by atoms with Gasteiger partial charge in [0.2, 0.25) is 0 Å². The van der Waals surface area contributed by atoms with Gasteiger partial charge in [-0.2, -0.15) is 0 Å². The fourth-order valence-corrected chi connectivity index (χ4v) is 1.13. The zero-order chi connectivity index (χ0) is 16.2. The van der Waals surface area contributed by atoms with E-state index in [4.69, 9.17) is 0 Å². The zero-order valence-electron chi connectivity index (χ0n) is 14.7. The lowest BCUT2D eigenvalue weighted by Crippen LogP contribution is -1.67. The minimum Gasteiger partial charge on any atom is -0.388 e. The van der Waals surface area contributed by atoms with Crippen molar-refractivity contribution in [2.45, 2.75) is 48.0 Å². The summed E-state index contributed by atoms with van der Waals surface area (Å²) in [6, 6.07) is 16.7. The molecule has 0 aliphatic carbocycles. The molecule has 116 valence electrons. The molecule has 2 aromatic carbocycles. The SMILES string of the molecule is CC.CC.CCC.COC.c1ccc2ccccc2c1. The van der Waals surface area contributed by atoms with Crippen LogP contribution < -0.4 is 0 Å². The number of fused-ring (bicyclic) bond motifs is 1. The van der Waals surface area contributed by atoms with Crippen LogP contribution in [0.5, 0.6) is 0 Å². The summed E-state index contributed by atoms with van der Waals surface area (Å²) in [4.78, 5) is 0. The van der Waals surface area contributed by atoms with Crippen molar-refractivity contribution in [2.24, 2.45) is 0 Å². The minimum atomic E-state index is 1.25. The van der Waals surface area contributed by atoms with Crippen molar-refractivity contribution >= 4 is 10.8 Å². The standard InChI is InChI=1S/C10H8.C3H8.C2H6O.2C2H6/c1-2-6-10-8-4-3-7-9(10)5-1;2*1-3-2;2*1-2/h1-8H;3H2,1-2H3;1-2H3;2*1-2H3. The lowest BCUT2D eigenvalue weighted by atomic mass is 10.1. The Hall–Kier alpha value is -1.34. The summed E-state index contributed by atoms with van der Waals surface area (Å²) in [7, 11) is 3.25. The van der Waals surface area contributed by atoms with Gasteiger partial charge in [-0.05, 0) is 10.8 Å². The Balaban J connectivity index is -0.000000246. The molecule has 1 heteroatoms. The molecule has 0 N–H and O–H groups in total. The van der Waals surface area contributed by atoms with Gasteiger partial charge < -0.3 is 4.74 Å². The average Bonchev–Trinajstić information content (AvgIpc) is 2.53. The second-order valence-electron chi connectivity index (χ2n) is 3.46. The summed E-state index contributed by atoms with van der Waals surface area (Å²) in [5.41, 5.74) is 0. The van der Waals surface area contributed by atoms with Crippen molar-refractivity contribution in [1.82, 2.24) is 0 Å². The van der Waals surface area contributed by atoms with Crippen LogP contribution in [0, 0.1) is 0 Å². The molecule has 0 saturated heterocycles. The van der Waals surface area contributed by atoms with Crippen LogP contribution in [0.3, 0.4) is 0 Å². The molecule has 2 rings (SSSR count). The first-order valence-corrected chi connectivity index (χ1v) is 7.64. The van der Waals surface area contributed by atoms with Crippen LogP contribution in [0.15, 0.2) is 48.5 Å². The maximum atomic E-state index is 4.25. The van der Waals surface area contributed by atoms with Gasteiger partial charge in [-0.25, -0.2) is 0 Å². The van der Waals surface area contributed by atoms with Crippen LogP contribution in [-0.2, 0) is 4.74 Å². The van der Waals surface area contributed by atoms with E-state index in [1.807, 2.05) is 27.7 Å². The van der Waals surface area contributed by atoms with Crippen molar-refractivity contribution in [3.63, 3.8) is 0 Å². The normalized spacial score (nSPS) is 7.40. The third kappa shape index (κ3) is 14.7. The summed E-state index contributed by atoms with van der Waals surface area (Å²) < 4.78 is 4.25. The molecule has 1 nitrogen and oxygen atoms in total. The minimum absolute atomic E-state index is 1.25. The molecule has 0 aliphatic heterocycles. The Morgan fingerprint density at radius 2 is 0.800 bits per heavy atom. The molecule has 0 aromatic heterocycles. The van der Waals surface area contributed by atoms with Crippen molar-refractivity contribution < 1.29 is 4.74 Å². The van der Waals surface area contributed by atoms with Crippen molar-refractivity contribution in [1.29, 1.82) is 0 Å². The van der Waals surface area contributed by atoms with Gasteiger partial charge in [-0.1, -0.05) is 96.5 Å². The smallest absolute Gasteiger partial charge is 0.0351 e. The lowest BCUT2D eigenvalue weighted by molar-refractivity contribution is 0.277. The summed E-state index contributed by atoms with van der Waals surface area (Å²) >= 11 is 0. The molecule has 0 bridgehead atoms. The molecular weight excluding hydrogens is 244 g/mol. The third-order valence-corrected chi connectivity index (χ3v) is 1.66. The second kappa shape index (κ2) is 22.8. The van der Waals surface area contributed by atoms with Crippen LogP contribution in [0.1, 0.15) is 48.0 Å². The number of methoxy groups -OCH3 is 1. The Morgan fingerprint density at radius 1 is 0.650 bits per heavy atom. The largest absolute Gasteiger partial charge is 0.388 e. The average molecular weight is 278 g/mol. The van der Waals surface area contributed by atoms with Crippen LogP contribution >= 0.6 is 0 Å². The fraction of sp³-hybridized carbons (Fsp3) is 0.474. The number of ether oxygens (including phenoxy) is 1. The van der Waals surface area contributed by atoms with Gasteiger partial charge in [0.25, 0.3) is 0 Å². The lowest BCUT2D eigenvalue weighted by Gasteiger charge is -1.92. The van der Waals surface area contributed by atoms with E-state index in [1.165, 1.54) is 17.2 Å². The highest BCUT2D eigenvalue weighted by Gasteiger charge is 1.85. The van der Waals surface area contributed by atoms with Crippen molar-refractivity contribution in [3.8, 4) is 0 Å². The summed E-state index contributed by atoms with van der Waals surface area (Å²) in [6.45, 7) is 12.2.